The van der Waals surface area contributed by atoms with Crippen molar-refractivity contribution >= 4 is 21.8 Å². The van der Waals surface area contributed by atoms with Crippen molar-refractivity contribution in [3.05, 3.63) is 63.9 Å². The monoisotopic (exact) mass is 587 g/mol. The highest BCUT2D eigenvalue weighted by Crippen LogP contribution is 2.39. The van der Waals surface area contributed by atoms with E-state index in [1.165, 1.54) is 24.8 Å². The van der Waals surface area contributed by atoms with Crippen molar-refractivity contribution in [1.29, 1.82) is 0 Å². The van der Waals surface area contributed by atoms with Gasteiger partial charge in [0, 0.05) is 63.1 Å². The van der Waals surface area contributed by atoms with Crippen LogP contribution in [0.4, 0.5) is 4.39 Å². The first-order chi connectivity index (χ1) is 18.4. The van der Waals surface area contributed by atoms with Gasteiger partial charge >= 0.3 is 0 Å². The Hall–Kier alpha value is -1.96. The molecule has 1 heterocycles. The van der Waals surface area contributed by atoms with Crippen LogP contribution in [0.2, 0.25) is 0 Å². The van der Waals surface area contributed by atoms with Gasteiger partial charge in [0.1, 0.15) is 11.6 Å². The lowest BCUT2D eigenvalue weighted by atomic mass is 9.74. The Balaban J connectivity index is 1.44. The standard InChI is InChI=1S/C31H43BrFN3O2/c1-23(37)34(2)31(24-9-5-4-6-10-24)28(27-11-7-8-12-30(27)33)15-16-35-17-19-36(20-18-35)22-25-21-26(38-3)13-14-29(25)32/h7-8,11-14,21,24,28,31H,4-6,9-10,15-20,22H2,1-3H3. The van der Waals surface area contributed by atoms with Crippen LogP contribution in [-0.2, 0) is 11.3 Å². The van der Waals surface area contributed by atoms with E-state index in [1.54, 1.807) is 26.2 Å². The maximum absolute atomic E-state index is 15.2. The molecule has 1 aliphatic carbocycles. The van der Waals surface area contributed by atoms with Gasteiger partial charge in [-0.1, -0.05) is 53.4 Å². The van der Waals surface area contributed by atoms with Gasteiger partial charge in [-0.25, -0.2) is 4.39 Å². The van der Waals surface area contributed by atoms with Crippen molar-refractivity contribution in [1.82, 2.24) is 14.7 Å². The van der Waals surface area contributed by atoms with E-state index >= 15 is 4.39 Å². The molecule has 1 saturated carbocycles. The Kier molecular flexibility index (Phi) is 10.6. The summed E-state index contributed by atoms with van der Waals surface area (Å²) < 4.78 is 21.7. The number of carbonyl (C=O) groups excluding carboxylic acids is 1. The topological polar surface area (TPSA) is 36.0 Å². The van der Waals surface area contributed by atoms with Crippen LogP contribution in [0.25, 0.3) is 0 Å². The molecule has 0 bridgehead atoms. The number of hydrogen-bond acceptors (Lipinski definition) is 4. The molecule has 1 amide bonds. The number of methoxy groups -OCH3 is 1. The lowest BCUT2D eigenvalue weighted by molar-refractivity contribution is -0.131. The minimum absolute atomic E-state index is 0.0148. The summed E-state index contributed by atoms with van der Waals surface area (Å²) in [5.74, 6) is 1.20. The number of likely N-dealkylation sites (N-methyl/N-ethyl adjacent to an activating group) is 1. The van der Waals surface area contributed by atoms with Crippen molar-refractivity contribution in [2.45, 2.75) is 64.0 Å². The molecule has 0 N–H and O–H groups in total. The third-order valence-electron chi connectivity index (χ3n) is 8.66. The summed E-state index contributed by atoms with van der Waals surface area (Å²) in [4.78, 5) is 19.5. The molecule has 2 fully saturated rings. The third-order valence-corrected chi connectivity index (χ3v) is 9.44. The fourth-order valence-electron chi connectivity index (χ4n) is 6.42. The van der Waals surface area contributed by atoms with Crippen molar-refractivity contribution in [3.8, 4) is 5.75 Å². The van der Waals surface area contributed by atoms with E-state index in [9.17, 15) is 4.79 Å². The number of hydrogen-bond donors (Lipinski definition) is 0. The molecule has 2 aromatic carbocycles. The van der Waals surface area contributed by atoms with Crippen LogP contribution in [0.3, 0.4) is 0 Å². The van der Waals surface area contributed by atoms with E-state index in [-0.39, 0.29) is 23.7 Å². The zero-order chi connectivity index (χ0) is 27.1. The fraction of sp³-hybridized carbons (Fsp3) is 0.581. The van der Waals surface area contributed by atoms with Crippen LogP contribution in [0.1, 0.15) is 62.5 Å². The molecule has 0 radical (unpaired) electrons. The molecular formula is C31H43BrFN3O2. The molecule has 0 spiro atoms. The smallest absolute Gasteiger partial charge is 0.219 e. The van der Waals surface area contributed by atoms with Gasteiger partial charge < -0.3 is 14.5 Å². The number of nitrogens with zero attached hydrogens (tertiary/aromatic N) is 3. The van der Waals surface area contributed by atoms with E-state index in [0.29, 0.717) is 5.92 Å². The van der Waals surface area contributed by atoms with Crippen molar-refractivity contribution in [2.24, 2.45) is 5.92 Å². The first-order valence-corrected chi connectivity index (χ1v) is 14.9. The quantitative estimate of drug-likeness (QED) is 0.326. The Morgan fingerprint density at radius 1 is 1.08 bits per heavy atom. The molecule has 1 aliphatic heterocycles. The van der Waals surface area contributed by atoms with Gasteiger partial charge in [0.15, 0.2) is 0 Å². The van der Waals surface area contributed by atoms with Crippen LogP contribution in [0, 0.1) is 11.7 Å². The highest BCUT2D eigenvalue weighted by molar-refractivity contribution is 9.10. The number of piperazine rings is 1. The lowest BCUT2D eigenvalue weighted by Crippen LogP contribution is -2.48. The maximum atomic E-state index is 15.2. The number of carbonyl (C=O) groups is 1. The predicted molar refractivity (Wildman–Crippen MR) is 155 cm³/mol. The van der Waals surface area contributed by atoms with E-state index in [0.717, 1.165) is 74.3 Å². The normalized spacial score (nSPS) is 19.2. The van der Waals surface area contributed by atoms with Gasteiger partial charge in [-0.2, -0.15) is 0 Å². The molecule has 208 valence electrons. The third kappa shape index (κ3) is 7.36. The van der Waals surface area contributed by atoms with Gasteiger partial charge in [0.25, 0.3) is 0 Å². The van der Waals surface area contributed by atoms with Crippen LogP contribution in [0.15, 0.2) is 46.9 Å². The lowest BCUT2D eigenvalue weighted by Gasteiger charge is -2.43. The average molecular weight is 589 g/mol. The molecule has 0 aromatic heterocycles. The maximum Gasteiger partial charge on any atom is 0.219 e. The second kappa shape index (κ2) is 13.9. The highest BCUT2D eigenvalue weighted by atomic mass is 79.9. The van der Waals surface area contributed by atoms with Gasteiger partial charge in [0.2, 0.25) is 5.91 Å². The summed E-state index contributed by atoms with van der Waals surface area (Å²) in [6, 6.07) is 13.4. The summed E-state index contributed by atoms with van der Waals surface area (Å²) in [6.45, 7) is 7.40. The summed E-state index contributed by atoms with van der Waals surface area (Å²) in [6.07, 6.45) is 6.73. The zero-order valence-electron chi connectivity index (χ0n) is 23.2. The SMILES string of the molecule is COc1ccc(Br)c(CN2CCN(CCC(c3ccccc3F)C(C3CCCCC3)N(C)C(C)=O)CC2)c1. The molecular weight excluding hydrogens is 545 g/mol. The molecule has 38 heavy (non-hydrogen) atoms. The molecule has 2 unspecified atom stereocenters. The number of halogens is 2. The van der Waals surface area contributed by atoms with E-state index in [2.05, 4.69) is 31.8 Å². The Morgan fingerprint density at radius 2 is 1.76 bits per heavy atom. The van der Waals surface area contributed by atoms with Gasteiger partial charge in [-0.3, -0.25) is 9.69 Å². The second-order valence-corrected chi connectivity index (χ2v) is 11.9. The van der Waals surface area contributed by atoms with Crippen LogP contribution < -0.4 is 4.74 Å². The van der Waals surface area contributed by atoms with Crippen LogP contribution >= 0.6 is 15.9 Å². The number of amides is 1. The van der Waals surface area contributed by atoms with Crippen molar-refractivity contribution < 1.29 is 13.9 Å². The molecule has 2 atom stereocenters. The van der Waals surface area contributed by atoms with Gasteiger partial charge in [-0.05, 0) is 67.1 Å². The average Bonchev–Trinajstić information content (AvgIpc) is 2.93. The van der Waals surface area contributed by atoms with Crippen molar-refractivity contribution in [2.75, 3.05) is 46.9 Å². The minimum Gasteiger partial charge on any atom is -0.497 e. The summed E-state index contributed by atoms with van der Waals surface area (Å²) >= 11 is 3.68. The molecule has 2 aliphatic rings. The molecule has 1 saturated heterocycles. The van der Waals surface area contributed by atoms with E-state index in [4.69, 9.17) is 4.74 Å². The number of rotatable bonds is 10. The number of ether oxygens (including phenoxy) is 1. The van der Waals surface area contributed by atoms with Crippen molar-refractivity contribution in [3.63, 3.8) is 0 Å². The summed E-state index contributed by atoms with van der Waals surface area (Å²) in [5, 5.41) is 0. The first-order valence-electron chi connectivity index (χ1n) is 14.1. The van der Waals surface area contributed by atoms with E-state index < -0.39 is 0 Å². The summed E-state index contributed by atoms with van der Waals surface area (Å²) in [5.41, 5.74) is 2.00. The predicted octanol–water partition coefficient (Wildman–Crippen LogP) is 6.32. The molecule has 4 rings (SSSR count). The largest absolute Gasteiger partial charge is 0.497 e. The number of benzene rings is 2. The first kappa shape index (κ1) is 29.0. The highest BCUT2D eigenvalue weighted by Gasteiger charge is 2.37. The molecule has 2 aromatic rings. The second-order valence-electron chi connectivity index (χ2n) is 11.0. The fourth-order valence-corrected chi connectivity index (χ4v) is 6.79. The zero-order valence-corrected chi connectivity index (χ0v) is 24.8. The van der Waals surface area contributed by atoms with Gasteiger partial charge in [-0.15, -0.1) is 0 Å². The van der Waals surface area contributed by atoms with E-state index in [1.807, 2.05) is 36.2 Å². The Bertz CT molecular complexity index is 1050. The summed E-state index contributed by atoms with van der Waals surface area (Å²) in [7, 11) is 3.62. The van der Waals surface area contributed by atoms with Gasteiger partial charge in [0.05, 0.1) is 7.11 Å². The Labute approximate surface area is 236 Å². The molecule has 7 heteroatoms. The molecule has 5 nitrogen and oxygen atoms in total. The Morgan fingerprint density at radius 3 is 2.42 bits per heavy atom. The minimum atomic E-state index is -0.149. The van der Waals surface area contributed by atoms with Crippen LogP contribution in [0.5, 0.6) is 5.75 Å². The van der Waals surface area contributed by atoms with Crippen LogP contribution in [-0.4, -0.2) is 73.5 Å².